The Balaban J connectivity index is 1.88. The third-order valence-corrected chi connectivity index (χ3v) is 5.79. The molecular weight excluding hydrogens is 228 g/mol. The number of aliphatic hydroxyl groups is 1. The summed E-state index contributed by atoms with van der Waals surface area (Å²) in [5.41, 5.74) is -0.530. The molecule has 4 rings (SSSR count). The van der Waals surface area contributed by atoms with Gasteiger partial charge in [0.25, 0.3) is 0 Å². The van der Waals surface area contributed by atoms with Gasteiger partial charge in [-0.1, -0.05) is 0 Å². The van der Waals surface area contributed by atoms with E-state index in [1.807, 2.05) is 13.8 Å². The predicted molar refractivity (Wildman–Crippen MR) is 69.1 cm³/mol. The Kier molecular flexibility index (Phi) is 2.82. The Labute approximate surface area is 110 Å². The highest BCUT2D eigenvalue weighted by molar-refractivity contribution is 5.13. The fourth-order valence-electron chi connectivity index (χ4n) is 5.25. The molecule has 104 valence electrons. The molecule has 3 heteroatoms. The molecule has 0 amide bonds. The molecule has 2 unspecified atom stereocenters. The molecular formula is C15H26O3. The minimum Gasteiger partial charge on any atom is -0.390 e. The molecule has 18 heavy (non-hydrogen) atoms. The van der Waals surface area contributed by atoms with E-state index in [-0.39, 0.29) is 11.0 Å². The summed E-state index contributed by atoms with van der Waals surface area (Å²) in [6, 6.07) is 0. The first-order valence-electron chi connectivity index (χ1n) is 7.23. The Morgan fingerprint density at radius 3 is 2.28 bits per heavy atom. The zero-order valence-corrected chi connectivity index (χ0v) is 11.9. The lowest BCUT2D eigenvalue weighted by atomic mass is 9.44. The third-order valence-electron chi connectivity index (χ3n) is 5.79. The molecule has 4 saturated carbocycles. The smallest absolute Gasteiger partial charge is 0.147 e. The van der Waals surface area contributed by atoms with Crippen LogP contribution in [0.15, 0.2) is 0 Å². The topological polar surface area (TPSA) is 38.7 Å². The van der Waals surface area contributed by atoms with Gasteiger partial charge >= 0.3 is 0 Å². The molecule has 4 fully saturated rings. The third kappa shape index (κ3) is 1.83. The molecule has 0 aliphatic heterocycles. The summed E-state index contributed by atoms with van der Waals surface area (Å²) >= 11 is 0. The van der Waals surface area contributed by atoms with Crippen LogP contribution in [0.5, 0.6) is 0 Å². The SMILES string of the molecule is COCOC12CC3CC(C1)CC(C(C)(C)O)(C3)C2. The monoisotopic (exact) mass is 254 g/mol. The van der Waals surface area contributed by atoms with E-state index < -0.39 is 5.60 Å². The van der Waals surface area contributed by atoms with Crippen LogP contribution in [0.1, 0.15) is 52.4 Å². The summed E-state index contributed by atoms with van der Waals surface area (Å²) in [5, 5.41) is 10.6. The highest BCUT2D eigenvalue weighted by Crippen LogP contribution is 2.65. The van der Waals surface area contributed by atoms with Crippen molar-refractivity contribution in [1.29, 1.82) is 0 Å². The zero-order valence-electron chi connectivity index (χ0n) is 11.9. The molecule has 4 aliphatic rings. The molecule has 0 aromatic rings. The predicted octanol–water partition coefficient (Wildman–Crippen LogP) is 2.72. The van der Waals surface area contributed by atoms with Gasteiger partial charge < -0.3 is 14.6 Å². The summed E-state index contributed by atoms with van der Waals surface area (Å²) in [5.74, 6) is 1.49. The van der Waals surface area contributed by atoms with Crippen molar-refractivity contribution in [3.8, 4) is 0 Å². The van der Waals surface area contributed by atoms with Crippen LogP contribution in [0.4, 0.5) is 0 Å². The van der Waals surface area contributed by atoms with Gasteiger partial charge in [0.15, 0.2) is 0 Å². The summed E-state index contributed by atoms with van der Waals surface area (Å²) in [6.07, 6.45) is 7.07. The van der Waals surface area contributed by atoms with E-state index in [1.165, 1.54) is 32.1 Å². The Bertz CT molecular complexity index is 317. The van der Waals surface area contributed by atoms with Crippen LogP contribution in [0.25, 0.3) is 0 Å². The maximum absolute atomic E-state index is 10.6. The van der Waals surface area contributed by atoms with Crippen molar-refractivity contribution in [1.82, 2.24) is 0 Å². The van der Waals surface area contributed by atoms with Gasteiger partial charge in [-0.3, -0.25) is 0 Å². The first-order valence-corrected chi connectivity index (χ1v) is 7.23. The van der Waals surface area contributed by atoms with Gasteiger partial charge in [0.2, 0.25) is 0 Å². The molecule has 0 saturated heterocycles. The van der Waals surface area contributed by atoms with Crippen molar-refractivity contribution in [3.63, 3.8) is 0 Å². The van der Waals surface area contributed by atoms with Gasteiger partial charge in [-0.2, -0.15) is 0 Å². The normalized spacial score (nSPS) is 46.7. The number of methoxy groups -OCH3 is 1. The van der Waals surface area contributed by atoms with Crippen LogP contribution in [0.2, 0.25) is 0 Å². The van der Waals surface area contributed by atoms with E-state index in [1.54, 1.807) is 7.11 Å². The second-order valence-corrected chi connectivity index (χ2v) is 7.53. The van der Waals surface area contributed by atoms with Crippen molar-refractivity contribution in [3.05, 3.63) is 0 Å². The Hall–Kier alpha value is -0.120. The zero-order chi connectivity index (χ0) is 13.0. The van der Waals surface area contributed by atoms with Crippen LogP contribution in [0, 0.1) is 17.3 Å². The average Bonchev–Trinajstić information content (AvgIpc) is 2.23. The Morgan fingerprint density at radius 2 is 1.78 bits per heavy atom. The molecule has 0 aromatic carbocycles. The fraction of sp³-hybridized carbons (Fsp3) is 1.00. The summed E-state index contributed by atoms with van der Waals surface area (Å²) in [7, 11) is 1.69. The largest absolute Gasteiger partial charge is 0.390 e. The lowest BCUT2D eigenvalue weighted by molar-refractivity contribution is -0.256. The molecule has 4 aliphatic carbocycles. The molecule has 4 bridgehead atoms. The van der Waals surface area contributed by atoms with Crippen LogP contribution in [-0.2, 0) is 9.47 Å². The second kappa shape index (κ2) is 3.94. The molecule has 0 heterocycles. The van der Waals surface area contributed by atoms with Crippen molar-refractivity contribution in [2.75, 3.05) is 13.9 Å². The quantitative estimate of drug-likeness (QED) is 0.784. The first kappa shape index (κ1) is 12.9. The van der Waals surface area contributed by atoms with Gasteiger partial charge in [0.05, 0.1) is 11.2 Å². The van der Waals surface area contributed by atoms with Crippen molar-refractivity contribution in [2.45, 2.75) is 63.6 Å². The van der Waals surface area contributed by atoms with Crippen LogP contribution in [-0.4, -0.2) is 30.2 Å². The second-order valence-electron chi connectivity index (χ2n) is 7.53. The highest BCUT2D eigenvalue weighted by Gasteiger charge is 2.62. The number of hydrogen-bond donors (Lipinski definition) is 1. The van der Waals surface area contributed by atoms with Crippen LogP contribution < -0.4 is 0 Å². The number of hydrogen-bond acceptors (Lipinski definition) is 3. The number of ether oxygens (including phenoxy) is 2. The van der Waals surface area contributed by atoms with Gasteiger partial charge in [-0.25, -0.2) is 0 Å². The Morgan fingerprint density at radius 1 is 1.17 bits per heavy atom. The van der Waals surface area contributed by atoms with Crippen LogP contribution in [0.3, 0.4) is 0 Å². The van der Waals surface area contributed by atoms with Gasteiger partial charge in [-0.05, 0) is 64.2 Å². The number of rotatable bonds is 4. The van der Waals surface area contributed by atoms with Crippen LogP contribution >= 0.6 is 0 Å². The van der Waals surface area contributed by atoms with Gasteiger partial charge in [-0.15, -0.1) is 0 Å². The molecule has 0 spiro atoms. The van der Waals surface area contributed by atoms with E-state index >= 15 is 0 Å². The van der Waals surface area contributed by atoms with Crippen molar-refractivity contribution < 1.29 is 14.6 Å². The van der Waals surface area contributed by atoms with E-state index in [9.17, 15) is 5.11 Å². The molecule has 0 radical (unpaired) electrons. The van der Waals surface area contributed by atoms with Crippen molar-refractivity contribution >= 4 is 0 Å². The fourth-order valence-corrected chi connectivity index (χ4v) is 5.25. The maximum Gasteiger partial charge on any atom is 0.147 e. The lowest BCUT2D eigenvalue weighted by Gasteiger charge is -2.64. The molecule has 2 atom stereocenters. The summed E-state index contributed by atoms with van der Waals surface area (Å²) in [4.78, 5) is 0. The molecule has 1 N–H and O–H groups in total. The van der Waals surface area contributed by atoms with E-state index in [2.05, 4.69) is 0 Å². The van der Waals surface area contributed by atoms with Gasteiger partial charge in [0, 0.05) is 12.5 Å². The standard InChI is InChI=1S/C15H26O3/c1-13(2,16)14-5-11-4-12(6-14)8-15(7-11,9-14)18-10-17-3/h11-12,16H,4-10H2,1-3H3. The summed E-state index contributed by atoms with van der Waals surface area (Å²) < 4.78 is 11.2. The lowest BCUT2D eigenvalue weighted by Crippen LogP contribution is -2.62. The van der Waals surface area contributed by atoms with E-state index in [0.717, 1.165) is 18.3 Å². The maximum atomic E-state index is 10.6. The summed E-state index contributed by atoms with van der Waals surface area (Å²) in [6.45, 7) is 4.37. The van der Waals surface area contributed by atoms with E-state index in [0.29, 0.717) is 6.79 Å². The van der Waals surface area contributed by atoms with E-state index in [4.69, 9.17) is 9.47 Å². The minimum atomic E-state index is -0.591. The molecule has 3 nitrogen and oxygen atoms in total. The highest BCUT2D eigenvalue weighted by atomic mass is 16.7. The first-order chi connectivity index (χ1) is 8.38. The molecule has 0 aromatic heterocycles. The van der Waals surface area contributed by atoms with Gasteiger partial charge in [0.1, 0.15) is 6.79 Å². The average molecular weight is 254 g/mol. The minimum absolute atomic E-state index is 0.0138. The van der Waals surface area contributed by atoms with Crippen molar-refractivity contribution in [2.24, 2.45) is 17.3 Å².